The molecule has 0 radical (unpaired) electrons. The summed E-state index contributed by atoms with van der Waals surface area (Å²) in [4.78, 5) is 4.21. The lowest BCUT2D eigenvalue weighted by atomic mass is 10.2. The minimum absolute atomic E-state index is 0.341. The van der Waals surface area contributed by atoms with Crippen molar-refractivity contribution in [3.8, 4) is 11.8 Å². The summed E-state index contributed by atoms with van der Waals surface area (Å²) in [6, 6.07) is 13.0. The van der Waals surface area contributed by atoms with Gasteiger partial charge < -0.3 is 10.1 Å². The standard InChI is InChI=1S/C14H13N3O/c1-16-12-6-7-17-13(8-12)10-18-14-5-3-2-4-11(14)9-15/h2-8H,10H2,1H3,(H,16,17). The number of nitrogens with one attached hydrogen (secondary N) is 1. The number of anilines is 1. The van der Waals surface area contributed by atoms with E-state index in [0.29, 0.717) is 17.9 Å². The van der Waals surface area contributed by atoms with Gasteiger partial charge >= 0.3 is 0 Å². The van der Waals surface area contributed by atoms with Crippen LogP contribution in [0.15, 0.2) is 42.6 Å². The molecule has 1 N–H and O–H groups in total. The summed E-state index contributed by atoms with van der Waals surface area (Å²) < 4.78 is 5.60. The van der Waals surface area contributed by atoms with Gasteiger partial charge in [0, 0.05) is 18.9 Å². The third kappa shape index (κ3) is 2.77. The van der Waals surface area contributed by atoms with E-state index in [-0.39, 0.29) is 0 Å². The molecule has 0 fully saturated rings. The van der Waals surface area contributed by atoms with Gasteiger partial charge in [-0.25, -0.2) is 0 Å². The van der Waals surface area contributed by atoms with Crippen LogP contribution < -0.4 is 10.1 Å². The van der Waals surface area contributed by atoms with Crippen molar-refractivity contribution in [2.45, 2.75) is 6.61 Å². The summed E-state index contributed by atoms with van der Waals surface area (Å²) in [5, 5.41) is 12.0. The first-order chi connectivity index (χ1) is 8.83. The fourth-order valence-corrected chi connectivity index (χ4v) is 1.55. The Balaban J connectivity index is 2.09. The molecule has 4 nitrogen and oxygen atoms in total. The second-order valence-corrected chi connectivity index (χ2v) is 3.68. The van der Waals surface area contributed by atoms with Gasteiger partial charge in [0.15, 0.2) is 0 Å². The molecule has 0 bridgehead atoms. The number of para-hydroxylation sites is 1. The summed E-state index contributed by atoms with van der Waals surface area (Å²) >= 11 is 0. The lowest BCUT2D eigenvalue weighted by Gasteiger charge is -2.08. The van der Waals surface area contributed by atoms with E-state index < -0.39 is 0 Å². The van der Waals surface area contributed by atoms with Crippen molar-refractivity contribution < 1.29 is 4.74 Å². The highest BCUT2D eigenvalue weighted by atomic mass is 16.5. The average Bonchev–Trinajstić information content (AvgIpc) is 2.45. The van der Waals surface area contributed by atoms with Crippen LogP contribution in [0.3, 0.4) is 0 Å². The van der Waals surface area contributed by atoms with Crippen LogP contribution in [-0.4, -0.2) is 12.0 Å². The van der Waals surface area contributed by atoms with Gasteiger partial charge in [-0.3, -0.25) is 4.98 Å². The maximum atomic E-state index is 8.94. The molecule has 0 aliphatic carbocycles. The summed E-state index contributed by atoms with van der Waals surface area (Å²) in [5.41, 5.74) is 2.33. The van der Waals surface area contributed by atoms with Gasteiger partial charge in [-0.05, 0) is 24.3 Å². The van der Waals surface area contributed by atoms with Crippen LogP contribution in [0.2, 0.25) is 0 Å². The van der Waals surface area contributed by atoms with Crippen molar-refractivity contribution in [3.63, 3.8) is 0 Å². The quantitative estimate of drug-likeness (QED) is 0.890. The number of nitrogens with zero attached hydrogens (tertiary/aromatic N) is 2. The highest BCUT2D eigenvalue weighted by Crippen LogP contribution is 2.18. The summed E-state index contributed by atoms with van der Waals surface area (Å²) in [6.07, 6.45) is 1.72. The lowest BCUT2D eigenvalue weighted by Crippen LogP contribution is -2.00. The molecule has 18 heavy (non-hydrogen) atoms. The number of pyridine rings is 1. The molecule has 0 saturated carbocycles. The van der Waals surface area contributed by atoms with Crippen molar-refractivity contribution in [2.24, 2.45) is 0 Å². The van der Waals surface area contributed by atoms with Gasteiger partial charge in [0.05, 0.1) is 11.3 Å². The molecule has 0 saturated heterocycles. The normalized spacial score (nSPS) is 9.56. The molecule has 1 heterocycles. The van der Waals surface area contributed by atoms with E-state index in [4.69, 9.17) is 10.00 Å². The van der Waals surface area contributed by atoms with Crippen molar-refractivity contribution in [2.75, 3.05) is 12.4 Å². The highest BCUT2D eigenvalue weighted by Gasteiger charge is 2.03. The molecule has 0 aliphatic rings. The number of benzene rings is 1. The Morgan fingerprint density at radius 2 is 2.17 bits per heavy atom. The summed E-state index contributed by atoms with van der Waals surface area (Å²) in [5.74, 6) is 0.580. The van der Waals surface area contributed by atoms with Crippen LogP contribution >= 0.6 is 0 Å². The number of aromatic nitrogens is 1. The zero-order valence-electron chi connectivity index (χ0n) is 10.1. The van der Waals surface area contributed by atoms with Gasteiger partial charge in [0.2, 0.25) is 0 Å². The Hall–Kier alpha value is -2.54. The van der Waals surface area contributed by atoms with E-state index in [1.165, 1.54) is 0 Å². The molecule has 0 atom stereocenters. The van der Waals surface area contributed by atoms with Crippen molar-refractivity contribution in [1.29, 1.82) is 5.26 Å². The van der Waals surface area contributed by atoms with Crippen molar-refractivity contribution in [3.05, 3.63) is 53.9 Å². The predicted molar refractivity (Wildman–Crippen MR) is 69.3 cm³/mol. The average molecular weight is 239 g/mol. The van der Waals surface area contributed by atoms with Crippen molar-refractivity contribution >= 4 is 5.69 Å². The monoisotopic (exact) mass is 239 g/mol. The second kappa shape index (κ2) is 5.69. The first-order valence-electron chi connectivity index (χ1n) is 5.58. The Morgan fingerprint density at radius 1 is 1.33 bits per heavy atom. The van der Waals surface area contributed by atoms with Gasteiger partial charge in [-0.1, -0.05) is 12.1 Å². The van der Waals surface area contributed by atoms with Crippen LogP contribution in [0.5, 0.6) is 5.75 Å². The third-order valence-electron chi connectivity index (χ3n) is 2.49. The highest BCUT2D eigenvalue weighted by molar-refractivity contribution is 5.44. The second-order valence-electron chi connectivity index (χ2n) is 3.68. The van der Waals surface area contributed by atoms with Crippen LogP contribution in [-0.2, 0) is 6.61 Å². The smallest absolute Gasteiger partial charge is 0.137 e. The fraction of sp³-hybridized carbons (Fsp3) is 0.143. The van der Waals surface area contributed by atoms with Gasteiger partial charge in [0.25, 0.3) is 0 Å². The topological polar surface area (TPSA) is 57.9 Å². The molecule has 1 aromatic heterocycles. The number of hydrogen-bond donors (Lipinski definition) is 1. The van der Waals surface area contributed by atoms with E-state index in [1.807, 2.05) is 31.3 Å². The Morgan fingerprint density at radius 3 is 2.94 bits per heavy atom. The van der Waals surface area contributed by atoms with E-state index in [9.17, 15) is 0 Å². The Kier molecular flexibility index (Phi) is 3.77. The molecule has 0 spiro atoms. The van der Waals surface area contributed by atoms with Crippen LogP contribution in [0.1, 0.15) is 11.3 Å². The van der Waals surface area contributed by atoms with E-state index in [1.54, 1.807) is 18.3 Å². The molecule has 0 unspecified atom stereocenters. The largest absolute Gasteiger partial charge is 0.486 e. The molecular formula is C14H13N3O. The molecular weight excluding hydrogens is 226 g/mol. The molecule has 2 rings (SSSR count). The Bertz CT molecular complexity index is 575. The lowest BCUT2D eigenvalue weighted by molar-refractivity contribution is 0.300. The summed E-state index contributed by atoms with van der Waals surface area (Å²) in [7, 11) is 1.85. The molecule has 0 aliphatic heterocycles. The molecule has 1 aromatic carbocycles. The predicted octanol–water partition coefficient (Wildman–Crippen LogP) is 2.57. The maximum absolute atomic E-state index is 8.94. The van der Waals surface area contributed by atoms with Crippen molar-refractivity contribution in [1.82, 2.24) is 4.98 Å². The Labute approximate surface area is 106 Å². The van der Waals surface area contributed by atoms with Gasteiger partial charge in [-0.2, -0.15) is 5.26 Å². The number of hydrogen-bond acceptors (Lipinski definition) is 4. The SMILES string of the molecule is CNc1ccnc(COc2ccccc2C#N)c1. The zero-order chi connectivity index (χ0) is 12.8. The molecule has 90 valence electrons. The summed E-state index contributed by atoms with van der Waals surface area (Å²) in [6.45, 7) is 0.341. The number of rotatable bonds is 4. The van der Waals surface area contributed by atoms with Gasteiger partial charge in [0.1, 0.15) is 18.4 Å². The fourth-order valence-electron chi connectivity index (χ4n) is 1.55. The molecule has 4 heteroatoms. The molecule has 2 aromatic rings. The van der Waals surface area contributed by atoms with E-state index in [0.717, 1.165) is 11.4 Å². The van der Waals surface area contributed by atoms with Crippen LogP contribution in [0.25, 0.3) is 0 Å². The maximum Gasteiger partial charge on any atom is 0.137 e. The molecule has 0 amide bonds. The number of nitriles is 1. The van der Waals surface area contributed by atoms with E-state index >= 15 is 0 Å². The van der Waals surface area contributed by atoms with Crippen LogP contribution in [0.4, 0.5) is 5.69 Å². The zero-order valence-corrected chi connectivity index (χ0v) is 10.1. The minimum Gasteiger partial charge on any atom is -0.486 e. The third-order valence-corrected chi connectivity index (χ3v) is 2.49. The first-order valence-corrected chi connectivity index (χ1v) is 5.58. The minimum atomic E-state index is 0.341. The van der Waals surface area contributed by atoms with Gasteiger partial charge in [-0.15, -0.1) is 0 Å². The van der Waals surface area contributed by atoms with Crippen LogP contribution in [0, 0.1) is 11.3 Å². The first kappa shape index (κ1) is 11.9. The van der Waals surface area contributed by atoms with E-state index in [2.05, 4.69) is 16.4 Å². The number of ether oxygens (including phenoxy) is 1.